The molecule has 10 nitrogen and oxygen atoms in total. The number of ether oxygens (including phenoxy) is 1. The number of rotatable bonds is 7. The van der Waals surface area contributed by atoms with Crippen molar-refractivity contribution >= 4 is 52.5 Å². The van der Waals surface area contributed by atoms with Gasteiger partial charge in [0.1, 0.15) is 5.76 Å². The molecule has 0 saturated carbocycles. The van der Waals surface area contributed by atoms with Crippen molar-refractivity contribution in [1.29, 1.82) is 0 Å². The number of hydrogen-bond donors (Lipinski definition) is 1. The lowest BCUT2D eigenvalue weighted by atomic mass is 10.1. The molecule has 2 aliphatic heterocycles. The zero-order valence-corrected chi connectivity index (χ0v) is 28.3. The van der Waals surface area contributed by atoms with E-state index in [1.165, 1.54) is 0 Å². The lowest BCUT2D eigenvalue weighted by Crippen LogP contribution is -2.47. The Kier molecular flexibility index (Phi) is 8.53. The van der Waals surface area contributed by atoms with E-state index in [9.17, 15) is 4.79 Å². The molecule has 0 aromatic carbocycles. The molecule has 0 bridgehead atoms. The van der Waals surface area contributed by atoms with E-state index in [-0.39, 0.29) is 22.8 Å². The van der Waals surface area contributed by atoms with Crippen LogP contribution in [-0.4, -0.2) is 74.7 Å². The fourth-order valence-electron chi connectivity index (χ4n) is 5.34. The smallest absolute Gasteiger partial charge is 0.291 e. The number of pyridine rings is 2. The van der Waals surface area contributed by atoms with Crippen LogP contribution in [-0.2, 0) is 9.16 Å². The van der Waals surface area contributed by atoms with Gasteiger partial charge in [-0.15, -0.1) is 0 Å². The van der Waals surface area contributed by atoms with E-state index in [0.717, 1.165) is 65.9 Å². The van der Waals surface area contributed by atoms with Crippen LogP contribution in [0.4, 0.5) is 16.6 Å². The van der Waals surface area contributed by atoms with Crippen molar-refractivity contribution in [2.75, 3.05) is 54.5 Å². The molecule has 1 amide bonds. The van der Waals surface area contributed by atoms with Crippen LogP contribution in [0.1, 0.15) is 49.9 Å². The highest BCUT2D eigenvalue weighted by atomic mass is 32.1. The number of piperidine rings is 1. The van der Waals surface area contributed by atoms with Gasteiger partial charge in [0.05, 0.1) is 23.6 Å². The van der Waals surface area contributed by atoms with E-state index < -0.39 is 8.32 Å². The van der Waals surface area contributed by atoms with Gasteiger partial charge in [0.15, 0.2) is 30.7 Å². The number of thiazole rings is 1. The quantitative estimate of drug-likeness (QED) is 0.221. The maximum absolute atomic E-state index is 13.5. The van der Waals surface area contributed by atoms with Crippen LogP contribution in [0.3, 0.4) is 0 Å². The number of aryl methyl sites for hydroxylation is 1. The summed E-state index contributed by atoms with van der Waals surface area (Å²) in [5, 5.41) is 4.21. The standard InChI is InChI=1S/C32H42N6O4SSi/c1-21-19-22(9-12-33-21)25-7-8-26(41-25)30(39)34-24-20-27-28(36-31(43-27)38-15-17-40-18-16-38)35-29(24)37-13-10-23(11-14-37)42-44(5,6)32(2,3)4/h7-9,12,19-20,23H,10-11,13-18H2,1-6H3,(H,34,39). The fourth-order valence-corrected chi connectivity index (χ4v) is 7.76. The molecule has 2 saturated heterocycles. The number of anilines is 3. The SMILES string of the molecule is Cc1cc(-c2ccc(C(=O)Nc3cc4sc(N5CCOCC5)nc4nc3N3CCC(O[Si](C)(C)C(C)(C)C)CC3)o2)ccn1. The number of nitrogens with zero attached hydrogens (tertiary/aromatic N) is 5. The molecule has 4 aromatic rings. The van der Waals surface area contributed by atoms with E-state index >= 15 is 0 Å². The Hall–Kier alpha value is -3.32. The molecule has 2 fully saturated rings. The van der Waals surface area contributed by atoms with Gasteiger partial charge in [-0.2, -0.15) is 4.98 Å². The third kappa shape index (κ3) is 6.53. The average Bonchev–Trinajstić information content (AvgIpc) is 3.65. The predicted molar refractivity (Wildman–Crippen MR) is 179 cm³/mol. The Morgan fingerprint density at radius 1 is 1.05 bits per heavy atom. The Bertz CT molecular complexity index is 1630. The number of aromatic nitrogens is 3. The summed E-state index contributed by atoms with van der Waals surface area (Å²) in [6.07, 6.45) is 3.77. The number of morpholine rings is 1. The first-order valence-electron chi connectivity index (χ1n) is 15.4. The Labute approximate surface area is 263 Å². The maximum atomic E-state index is 13.5. The molecule has 234 valence electrons. The molecule has 0 aliphatic carbocycles. The highest BCUT2D eigenvalue weighted by Crippen LogP contribution is 2.40. The monoisotopic (exact) mass is 634 g/mol. The molecule has 0 spiro atoms. The van der Waals surface area contributed by atoms with Crippen molar-refractivity contribution in [3.8, 4) is 11.3 Å². The van der Waals surface area contributed by atoms with Crippen molar-refractivity contribution < 1.29 is 18.4 Å². The maximum Gasteiger partial charge on any atom is 0.291 e. The first-order valence-corrected chi connectivity index (χ1v) is 19.1. The summed E-state index contributed by atoms with van der Waals surface area (Å²) in [6.45, 7) is 17.9. The van der Waals surface area contributed by atoms with Crippen LogP contribution in [0.15, 0.2) is 40.9 Å². The molecule has 0 radical (unpaired) electrons. The van der Waals surface area contributed by atoms with Gasteiger partial charge in [-0.05, 0) is 68.2 Å². The summed E-state index contributed by atoms with van der Waals surface area (Å²) in [5.41, 5.74) is 3.11. The van der Waals surface area contributed by atoms with Gasteiger partial charge >= 0.3 is 0 Å². The minimum Gasteiger partial charge on any atom is -0.451 e. The minimum atomic E-state index is -1.87. The van der Waals surface area contributed by atoms with Gasteiger partial charge in [-0.1, -0.05) is 32.1 Å². The molecular weight excluding hydrogens is 593 g/mol. The molecule has 0 unspecified atom stereocenters. The van der Waals surface area contributed by atoms with Gasteiger partial charge in [0.25, 0.3) is 5.91 Å². The molecule has 2 aliphatic rings. The first-order chi connectivity index (χ1) is 21.0. The lowest BCUT2D eigenvalue weighted by Gasteiger charge is -2.42. The van der Waals surface area contributed by atoms with Gasteiger partial charge in [0, 0.05) is 49.7 Å². The predicted octanol–water partition coefficient (Wildman–Crippen LogP) is 6.73. The number of carbonyl (C=O) groups excluding carboxylic acids is 1. The van der Waals surface area contributed by atoms with Crippen LogP contribution in [0.25, 0.3) is 21.7 Å². The summed E-state index contributed by atoms with van der Waals surface area (Å²) in [4.78, 5) is 32.2. The summed E-state index contributed by atoms with van der Waals surface area (Å²) in [5.74, 6) is 1.27. The number of fused-ring (bicyclic) bond motifs is 1. The van der Waals surface area contributed by atoms with Gasteiger partial charge in [-0.25, -0.2) is 4.98 Å². The highest BCUT2D eigenvalue weighted by Gasteiger charge is 2.40. The van der Waals surface area contributed by atoms with E-state index in [1.807, 2.05) is 31.2 Å². The number of hydrogen-bond acceptors (Lipinski definition) is 10. The second kappa shape index (κ2) is 12.2. The number of amides is 1. The third-order valence-electron chi connectivity index (χ3n) is 8.90. The summed E-state index contributed by atoms with van der Waals surface area (Å²) in [7, 11) is -1.87. The second-order valence-electron chi connectivity index (χ2n) is 13.1. The Balaban J connectivity index is 1.26. The Morgan fingerprint density at radius 2 is 1.80 bits per heavy atom. The molecule has 1 N–H and O–H groups in total. The summed E-state index contributed by atoms with van der Waals surface area (Å²) < 4.78 is 19.2. The zero-order chi connectivity index (χ0) is 31.1. The fraction of sp³-hybridized carbons (Fsp3) is 0.500. The molecule has 44 heavy (non-hydrogen) atoms. The highest BCUT2D eigenvalue weighted by molar-refractivity contribution is 7.22. The van der Waals surface area contributed by atoms with Crippen LogP contribution in [0.2, 0.25) is 18.1 Å². The van der Waals surface area contributed by atoms with E-state index in [4.69, 9.17) is 23.5 Å². The Morgan fingerprint density at radius 3 is 2.50 bits per heavy atom. The van der Waals surface area contributed by atoms with Crippen molar-refractivity contribution in [2.24, 2.45) is 0 Å². The normalized spacial score (nSPS) is 17.0. The van der Waals surface area contributed by atoms with Crippen molar-refractivity contribution in [3.05, 3.63) is 48.0 Å². The van der Waals surface area contributed by atoms with Crippen molar-refractivity contribution in [2.45, 2.75) is 64.8 Å². The second-order valence-corrected chi connectivity index (χ2v) is 18.9. The van der Waals surface area contributed by atoms with Crippen LogP contribution in [0.5, 0.6) is 0 Å². The van der Waals surface area contributed by atoms with Crippen LogP contribution >= 0.6 is 11.3 Å². The topological polar surface area (TPSA) is 106 Å². The van der Waals surface area contributed by atoms with E-state index in [2.05, 4.69) is 54.0 Å². The number of carbonyl (C=O) groups is 1. The molecular formula is C32H42N6O4SSi. The molecule has 4 aromatic heterocycles. The van der Waals surface area contributed by atoms with Crippen molar-refractivity contribution in [3.63, 3.8) is 0 Å². The lowest BCUT2D eigenvalue weighted by molar-refractivity contribution is 0.0997. The molecule has 6 heterocycles. The first kappa shape index (κ1) is 30.7. The molecule has 6 rings (SSSR count). The minimum absolute atomic E-state index is 0.166. The van der Waals surface area contributed by atoms with Gasteiger partial charge in [-0.3, -0.25) is 9.78 Å². The number of furan rings is 1. The van der Waals surface area contributed by atoms with Gasteiger partial charge < -0.3 is 28.7 Å². The van der Waals surface area contributed by atoms with Crippen LogP contribution < -0.4 is 15.1 Å². The van der Waals surface area contributed by atoms with E-state index in [0.29, 0.717) is 30.3 Å². The van der Waals surface area contributed by atoms with Crippen LogP contribution in [0, 0.1) is 6.92 Å². The molecule has 12 heteroatoms. The summed E-state index contributed by atoms with van der Waals surface area (Å²) >= 11 is 1.59. The third-order valence-corrected chi connectivity index (χ3v) is 14.5. The largest absolute Gasteiger partial charge is 0.451 e. The summed E-state index contributed by atoms with van der Waals surface area (Å²) in [6, 6.07) is 9.34. The zero-order valence-electron chi connectivity index (χ0n) is 26.5. The number of nitrogens with one attached hydrogen (secondary N) is 1. The molecule has 0 atom stereocenters. The average molecular weight is 635 g/mol. The van der Waals surface area contributed by atoms with Crippen molar-refractivity contribution in [1.82, 2.24) is 15.0 Å². The van der Waals surface area contributed by atoms with Gasteiger partial charge in [0.2, 0.25) is 0 Å². The van der Waals surface area contributed by atoms with E-state index in [1.54, 1.807) is 23.6 Å².